The van der Waals surface area contributed by atoms with Gasteiger partial charge in [-0.15, -0.1) is 0 Å². The van der Waals surface area contributed by atoms with Crippen LogP contribution in [-0.4, -0.2) is 52.0 Å². The molecule has 1 atom stereocenters. The molecule has 0 saturated carbocycles. The minimum absolute atomic E-state index is 0.163. The van der Waals surface area contributed by atoms with E-state index in [2.05, 4.69) is 25.6 Å². The van der Waals surface area contributed by atoms with E-state index < -0.39 is 5.91 Å². The Balaban J connectivity index is 1.51. The largest absolute Gasteiger partial charge is 0.392 e. The minimum atomic E-state index is -0.401. The molecule has 0 radical (unpaired) electrons. The number of nitrogens with one attached hydrogen (secondary N) is 2. The molecular formula is C22H25ClN6O2. The molecule has 0 aliphatic carbocycles. The van der Waals surface area contributed by atoms with Gasteiger partial charge in [-0.2, -0.15) is 5.10 Å². The molecule has 4 rings (SSSR count). The summed E-state index contributed by atoms with van der Waals surface area (Å²) in [6.07, 6.45) is 4.37. The van der Waals surface area contributed by atoms with E-state index in [9.17, 15) is 9.90 Å². The van der Waals surface area contributed by atoms with Crippen molar-refractivity contribution in [2.45, 2.75) is 26.0 Å². The Labute approximate surface area is 185 Å². The molecule has 0 spiro atoms. The summed E-state index contributed by atoms with van der Waals surface area (Å²) >= 11 is 5.94. The number of aryl methyl sites for hydroxylation is 1. The first kappa shape index (κ1) is 21.3. The van der Waals surface area contributed by atoms with Crippen LogP contribution < -0.4 is 15.5 Å². The van der Waals surface area contributed by atoms with E-state index in [-0.39, 0.29) is 12.3 Å². The molecule has 1 saturated heterocycles. The maximum atomic E-state index is 12.9. The zero-order valence-corrected chi connectivity index (χ0v) is 18.2. The van der Waals surface area contributed by atoms with Crippen molar-refractivity contribution in [1.82, 2.24) is 20.1 Å². The number of hydrogen-bond donors (Lipinski definition) is 3. The highest BCUT2D eigenvalue weighted by atomic mass is 35.5. The maximum absolute atomic E-state index is 12.9. The molecule has 0 bridgehead atoms. The van der Waals surface area contributed by atoms with Crippen molar-refractivity contribution >= 4 is 29.0 Å². The number of aliphatic hydroxyl groups excluding tert-OH is 1. The van der Waals surface area contributed by atoms with Gasteiger partial charge in [0.05, 0.1) is 24.2 Å². The number of aromatic nitrogens is 3. The molecule has 2 aromatic heterocycles. The second-order valence-electron chi connectivity index (χ2n) is 7.62. The van der Waals surface area contributed by atoms with Crippen LogP contribution in [0.25, 0.3) is 5.69 Å². The monoisotopic (exact) mass is 440 g/mol. The highest BCUT2D eigenvalue weighted by Gasteiger charge is 2.23. The van der Waals surface area contributed by atoms with Crippen molar-refractivity contribution in [3.05, 3.63) is 64.6 Å². The fourth-order valence-corrected chi connectivity index (χ4v) is 3.91. The average Bonchev–Trinajstić information content (AvgIpc) is 3.41. The standard InChI is InChI=1S/C22H25ClN6O2/c1-14-9-18(10-25-21(14)28-8-7-17(12-28)24-2)26-22(31)20-15(13-30)11-29(27-20)19-5-3-16(23)4-6-19/h3-6,9-11,17,24,30H,7-8,12-13H2,1-2H3,(H,26,31). The Bertz CT molecular complexity index is 1080. The van der Waals surface area contributed by atoms with Crippen LogP contribution in [0.15, 0.2) is 42.7 Å². The number of anilines is 2. The third kappa shape index (κ3) is 4.56. The van der Waals surface area contributed by atoms with Crippen molar-refractivity contribution in [3.8, 4) is 5.69 Å². The molecule has 9 heteroatoms. The molecular weight excluding hydrogens is 416 g/mol. The number of aliphatic hydroxyl groups is 1. The molecule has 1 amide bonds. The highest BCUT2D eigenvalue weighted by molar-refractivity contribution is 6.30. The number of likely N-dealkylation sites (N-methyl/N-ethyl adjacent to an activating group) is 1. The zero-order chi connectivity index (χ0) is 22.0. The van der Waals surface area contributed by atoms with Crippen LogP contribution in [-0.2, 0) is 6.61 Å². The number of nitrogens with zero attached hydrogens (tertiary/aromatic N) is 4. The smallest absolute Gasteiger partial charge is 0.276 e. The van der Waals surface area contributed by atoms with E-state index in [4.69, 9.17) is 11.6 Å². The van der Waals surface area contributed by atoms with Gasteiger partial charge in [-0.1, -0.05) is 11.6 Å². The summed E-state index contributed by atoms with van der Waals surface area (Å²) in [6.45, 7) is 3.55. The van der Waals surface area contributed by atoms with Crippen LogP contribution in [0.2, 0.25) is 5.02 Å². The number of carbonyl (C=O) groups excluding carboxylic acids is 1. The lowest BCUT2D eigenvalue weighted by Gasteiger charge is -2.20. The van der Waals surface area contributed by atoms with Gasteiger partial charge in [-0.3, -0.25) is 4.79 Å². The third-order valence-corrected chi connectivity index (χ3v) is 5.72. The molecule has 1 aliphatic heterocycles. The van der Waals surface area contributed by atoms with Gasteiger partial charge >= 0.3 is 0 Å². The summed E-state index contributed by atoms with van der Waals surface area (Å²) in [4.78, 5) is 19.7. The van der Waals surface area contributed by atoms with Gasteiger partial charge in [0.25, 0.3) is 5.91 Å². The molecule has 3 N–H and O–H groups in total. The number of halogens is 1. The normalized spacial score (nSPS) is 16.0. The molecule has 3 aromatic rings. The fraction of sp³-hybridized carbons (Fsp3) is 0.318. The molecule has 8 nitrogen and oxygen atoms in total. The van der Waals surface area contributed by atoms with E-state index >= 15 is 0 Å². The molecule has 1 fully saturated rings. The van der Waals surface area contributed by atoms with Gasteiger partial charge in [-0.05, 0) is 56.3 Å². The van der Waals surface area contributed by atoms with E-state index in [0.717, 1.165) is 36.6 Å². The van der Waals surface area contributed by atoms with E-state index in [1.54, 1.807) is 41.3 Å². The summed E-state index contributed by atoms with van der Waals surface area (Å²) in [5.41, 5.74) is 2.91. The summed E-state index contributed by atoms with van der Waals surface area (Å²) in [7, 11) is 1.97. The van der Waals surface area contributed by atoms with Crippen molar-refractivity contribution in [3.63, 3.8) is 0 Å². The maximum Gasteiger partial charge on any atom is 0.276 e. The number of benzene rings is 1. The van der Waals surface area contributed by atoms with Gasteiger partial charge < -0.3 is 20.6 Å². The van der Waals surface area contributed by atoms with Crippen LogP contribution in [0, 0.1) is 6.92 Å². The highest BCUT2D eigenvalue weighted by Crippen LogP contribution is 2.24. The predicted octanol–water partition coefficient (Wildman–Crippen LogP) is 2.77. The van der Waals surface area contributed by atoms with E-state index in [0.29, 0.717) is 22.3 Å². The summed E-state index contributed by atoms with van der Waals surface area (Å²) < 4.78 is 1.55. The van der Waals surface area contributed by atoms with Gasteiger partial charge in [0.2, 0.25) is 0 Å². The van der Waals surface area contributed by atoms with Crippen LogP contribution in [0.3, 0.4) is 0 Å². The SMILES string of the molecule is CNC1CCN(c2ncc(NC(=O)c3nn(-c4ccc(Cl)cc4)cc3CO)cc2C)C1. The quantitative estimate of drug-likeness (QED) is 0.545. The second-order valence-corrected chi connectivity index (χ2v) is 8.06. The number of carbonyl (C=O) groups is 1. The van der Waals surface area contributed by atoms with E-state index in [1.807, 2.05) is 20.0 Å². The lowest BCUT2D eigenvalue weighted by Crippen LogP contribution is -2.30. The lowest BCUT2D eigenvalue weighted by molar-refractivity contribution is 0.101. The average molecular weight is 441 g/mol. The molecule has 1 aliphatic rings. The molecule has 3 heterocycles. The summed E-state index contributed by atoms with van der Waals surface area (Å²) in [5.74, 6) is 0.529. The van der Waals surface area contributed by atoms with Gasteiger partial charge in [-0.25, -0.2) is 9.67 Å². The Morgan fingerprint density at radius 1 is 1.32 bits per heavy atom. The molecule has 1 unspecified atom stereocenters. The Morgan fingerprint density at radius 2 is 2.10 bits per heavy atom. The first-order valence-corrected chi connectivity index (χ1v) is 10.5. The third-order valence-electron chi connectivity index (χ3n) is 5.47. The van der Waals surface area contributed by atoms with E-state index in [1.165, 1.54) is 0 Å². The fourth-order valence-electron chi connectivity index (χ4n) is 3.79. The van der Waals surface area contributed by atoms with Gasteiger partial charge in [0, 0.05) is 35.9 Å². The van der Waals surface area contributed by atoms with Crippen molar-refractivity contribution < 1.29 is 9.90 Å². The molecule has 31 heavy (non-hydrogen) atoms. The number of rotatable bonds is 6. The number of hydrogen-bond acceptors (Lipinski definition) is 6. The first-order chi connectivity index (χ1) is 15.0. The summed E-state index contributed by atoms with van der Waals surface area (Å²) in [6, 6.07) is 9.44. The lowest BCUT2D eigenvalue weighted by atomic mass is 10.2. The van der Waals surface area contributed by atoms with Crippen LogP contribution >= 0.6 is 11.6 Å². The van der Waals surface area contributed by atoms with Crippen LogP contribution in [0.4, 0.5) is 11.5 Å². The molecule has 1 aromatic carbocycles. The predicted molar refractivity (Wildman–Crippen MR) is 121 cm³/mol. The van der Waals surface area contributed by atoms with Gasteiger partial charge in [0.1, 0.15) is 5.82 Å². The van der Waals surface area contributed by atoms with Gasteiger partial charge in [0.15, 0.2) is 5.69 Å². The Kier molecular flexibility index (Phi) is 6.22. The van der Waals surface area contributed by atoms with Crippen molar-refractivity contribution in [2.75, 3.05) is 30.4 Å². The van der Waals surface area contributed by atoms with Crippen molar-refractivity contribution in [2.24, 2.45) is 0 Å². The minimum Gasteiger partial charge on any atom is -0.392 e. The Hall–Kier alpha value is -2.94. The second kappa shape index (κ2) is 9.05. The zero-order valence-electron chi connectivity index (χ0n) is 17.5. The molecule has 162 valence electrons. The summed E-state index contributed by atoms with van der Waals surface area (Å²) in [5, 5.41) is 20.8. The Morgan fingerprint density at radius 3 is 2.74 bits per heavy atom. The first-order valence-electron chi connectivity index (χ1n) is 10.1. The van der Waals surface area contributed by atoms with Crippen LogP contribution in [0.1, 0.15) is 28.0 Å². The van der Waals surface area contributed by atoms with Crippen molar-refractivity contribution in [1.29, 1.82) is 0 Å². The van der Waals surface area contributed by atoms with Crippen LogP contribution in [0.5, 0.6) is 0 Å². The topological polar surface area (TPSA) is 95.3 Å². The number of amides is 1. The number of pyridine rings is 1.